The zero-order valence-corrected chi connectivity index (χ0v) is 12.8. The summed E-state index contributed by atoms with van der Waals surface area (Å²) in [6.07, 6.45) is -4.58. The van der Waals surface area contributed by atoms with E-state index in [1.54, 1.807) is 0 Å². The van der Waals surface area contributed by atoms with E-state index in [4.69, 9.17) is 4.74 Å². The van der Waals surface area contributed by atoms with E-state index in [0.29, 0.717) is 24.4 Å². The molecular weight excluding hydrogens is 316 g/mol. The second-order valence-corrected chi connectivity index (χ2v) is 5.23. The van der Waals surface area contributed by atoms with Crippen LogP contribution in [-0.2, 0) is 0 Å². The van der Waals surface area contributed by atoms with Crippen molar-refractivity contribution in [2.75, 3.05) is 40.0 Å². The number of hydrogen-bond donors (Lipinski definition) is 1. The van der Waals surface area contributed by atoms with E-state index in [9.17, 15) is 17.6 Å². The molecule has 4 nitrogen and oxygen atoms in total. The molecule has 1 aromatic carbocycles. The van der Waals surface area contributed by atoms with Gasteiger partial charge in [-0.05, 0) is 24.6 Å². The van der Waals surface area contributed by atoms with E-state index in [1.165, 1.54) is 25.3 Å². The molecular formula is C15H20F4N2O2. The molecule has 130 valence electrons. The van der Waals surface area contributed by atoms with Gasteiger partial charge in [0, 0.05) is 37.8 Å². The highest BCUT2D eigenvalue weighted by atomic mass is 19.4. The van der Waals surface area contributed by atoms with Crippen LogP contribution in [-0.4, -0.2) is 51.2 Å². The minimum Gasteiger partial charge on any atom is -0.496 e. The van der Waals surface area contributed by atoms with Crippen LogP contribution in [0.25, 0.3) is 0 Å². The number of methoxy groups -OCH3 is 1. The smallest absolute Gasteiger partial charge is 0.496 e. The second kappa shape index (κ2) is 7.83. The summed E-state index contributed by atoms with van der Waals surface area (Å²) in [5, 5.41) is 3.19. The van der Waals surface area contributed by atoms with Crippen molar-refractivity contribution >= 4 is 0 Å². The van der Waals surface area contributed by atoms with E-state index in [0.717, 1.165) is 13.1 Å². The summed E-state index contributed by atoms with van der Waals surface area (Å²) in [6.45, 7) is 2.33. The number of benzene rings is 1. The molecule has 2 rings (SSSR count). The van der Waals surface area contributed by atoms with Gasteiger partial charge in [0.25, 0.3) is 0 Å². The number of rotatable bonds is 6. The largest absolute Gasteiger partial charge is 0.573 e. The molecule has 23 heavy (non-hydrogen) atoms. The van der Waals surface area contributed by atoms with E-state index in [-0.39, 0.29) is 18.2 Å². The van der Waals surface area contributed by atoms with Gasteiger partial charge in [0.2, 0.25) is 0 Å². The topological polar surface area (TPSA) is 33.7 Å². The van der Waals surface area contributed by atoms with Gasteiger partial charge in [-0.1, -0.05) is 0 Å². The maximum Gasteiger partial charge on any atom is 0.573 e. The molecule has 1 aromatic rings. The Labute approximate surface area is 132 Å². The van der Waals surface area contributed by atoms with Crippen molar-refractivity contribution < 1.29 is 27.0 Å². The van der Waals surface area contributed by atoms with Gasteiger partial charge in [-0.3, -0.25) is 9.29 Å². The van der Waals surface area contributed by atoms with E-state index < -0.39 is 13.0 Å². The first-order chi connectivity index (χ1) is 10.9. The van der Waals surface area contributed by atoms with Crippen LogP contribution in [0.2, 0.25) is 0 Å². The molecule has 0 aromatic heterocycles. The van der Waals surface area contributed by atoms with Crippen molar-refractivity contribution in [3.05, 3.63) is 23.8 Å². The standard InChI is InChI=1S/C15H20F4N2O2/c1-22-14-3-2-11(23-15(17,18)19)10-12(14)13(4-5-16)21-8-6-20-7-9-21/h2-3,10,13,20H,4-9H2,1H3/t13-/m0/s1. The molecule has 0 amide bonds. The van der Waals surface area contributed by atoms with Crippen molar-refractivity contribution in [3.63, 3.8) is 0 Å². The van der Waals surface area contributed by atoms with Gasteiger partial charge in [0.15, 0.2) is 0 Å². The number of alkyl halides is 4. The van der Waals surface area contributed by atoms with Gasteiger partial charge in [-0.25, -0.2) is 0 Å². The quantitative estimate of drug-likeness (QED) is 0.810. The molecule has 1 aliphatic rings. The summed E-state index contributed by atoms with van der Waals surface area (Å²) in [4.78, 5) is 2.05. The fraction of sp³-hybridized carbons (Fsp3) is 0.600. The lowest BCUT2D eigenvalue weighted by Gasteiger charge is -2.35. The van der Waals surface area contributed by atoms with Crippen molar-refractivity contribution in [2.24, 2.45) is 0 Å². The summed E-state index contributed by atoms with van der Waals surface area (Å²) in [5.41, 5.74) is 0.508. The highest BCUT2D eigenvalue weighted by Gasteiger charge is 2.32. The van der Waals surface area contributed by atoms with Gasteiger partial charge in [-0.15, -0.1) is 13.2 Å². The SMILES string of the molecule is COc1ccc(OC(F)(F)F)cc1[C@H](CCF)N1CCNCC1. The van der Waals surface area contributed by atoms with Crippen molar-refractivity contribution in [1.82, 2.24) is 10.2 Å². The molecule has 0 spiro atoms. The normalized spacial score (nSPS) is 17.8. The van der Waals surface area contributed by atoms with Gasteiger partial charge < -0.3 is 14.8 Å². The summed E-state index contributed by atoms with van der Waals surface area (Å²) in [5.74, 6) is 0.101. The summed E-state index contributed by atoms with van der Waals surface area (Å²) >= 11 is 0. The molecule has 0 unspecified atom stereocenters. The molecule has 1 atom stereocenters. The Morgan fingerprint density at radius 1 is 1.26 bits per heavy atom. The summed E-state index contributed by atoms with van der Waals surface area (Å²) in [7, 11) is 1.44. The van der Waals surface area contributed by atoms with Crippen LogP contribution in [0.3, 0.4) is 0 Å². The van der Waals surface area contributed by atoms with Gasteiger partial charge >= 0.3 is 6.36 Å². The average Bonchev–Trinajstić information content (AvgIpc) is 2.52. The lowest BCUT2D eigenvalue weighted by Crippen LogP contribution is -2.45. The number of nitrogens with zero attached hydrogens (tertiary/aromatic N) is 1. The number of nitrogens with one attached hydrogen (secondary N) is 1. The number of ether oxygens (including phenoxy) is 2. The first-order valence-electron chi connectivity index (χ1n) is 7.39. The van der Waals surface area contributed by atoms with Crippen LogP contribution in [0.4, 0.5) is 17.6 Å². The third-order valence-electron chi connectivity index (χ3n) is 3.77. The van der Waals surface area contributed by atoms with Gasteiger partial charge in [0.05, 0.1) is 13.8 Å². The Morgan fingerprint density at radius 3 is 2.52 bits per heavy atom. The summed E-state index contributed by atoms with van der Waals surface area (Å²) < 4.78 is 59.5. The Bertz CT molecular complexity index is 505. The van der Waals surface area contributed by atoms with Crippen molar-refractivity contribution in [3.8, 4) is 11.5 Å². The van der Waals surface area contributed by atoms with E-state index in [1.807, 2.05) is 4.90 Å². The van der Waals surface area contributed by atoms with E-state index >= 15 is 0 Å². The molecule has 0 aliphatic carbocycles. The maximum absolute atomic E-state index is 13.0. The average molecular weight is 336 g/mol. The van der Waals surface area contributed by atoms with Gasteiger partial charge in [-0.2, -0.15) is 0 Å². The molecule has 0 bridgehead atoms. The number of piperazine rings is 1. The molecule has 1 saturated heterocycles. The molecule has 1 fully saturated rings. The Morgan fingerprint density at radius 2 is 1.96 bits per heavy atom. The van der Waals surface area contributed by atoms with E-state index in [2.05, 4.69) is 10.1 Å². The molecule has 0 saturated carbocycles. The predicted octanol–water partition coefficient (Wildman–Crippen LogP) is 2.90. The van der Waals surface area contributed by atoms with Crippen LogP contribution in [0.1, 0.15) is 18.0 Å². The molecule has 1 aliphatic heterocycles. The maximum atomic E-state index is 13.0. The zero-order valence-electron chi connectivity index (χ0n) is 12.8. The van der Waals surface area contributed by atoms with Crippen LogP contribution >= 0.6 is 0 Å². The zero-order chi connectivity index (χ0) is 16.9. The minimum absolute atomic E-state index is 0.186. The Balaban J connectivity index is 2.32. The van der Waals surface area contributed by atoms with Crippen LogP contribution < -0.4 is 14.8 Å². The predicted molar refractivity (Wildman–Crippen MR) is 77.5 cm³/mol. The number of halogens is 4. The van der Waals surface area contributed by atoms with Crippen molar-refractivity contribution in [2.45, 2.75) is 18.8 Å². The monoisotopic (exact) mass is 336 g/mol. The fourth-order valence-corrected chi connectivity index (χ4v) is 2.80. The second-order valence-electron chi connectivity index (χ2n) is 5.23. The minimum atomic E-state index is -4.77. The Kier molecular flexibility index (Phi) is 6.06. The van der Waals surface area contributed by atoms with Crippen LogP contribution in [0, 0.1) is 0 Å². The third-order valence-corrected chi connectivity index (χ3v) is 3.77. The molecule has 1 N–H and O–H groups in total. The fourth-order valence-electron chi connectivity index (χ4n) is 2.80. The number of hydrogen-bond acceptors (Lipinski definition) is 4. The lowest BCUT2D eigenvalue weighted by atomic mass is 10.00. The molecule has 8 heteroatoms. The Hall–Kier alpha value is -1.54. The highest BCUT2D eigenvalue weighted by molar-refractivity contribution is 5.42. The first kappa shape index (κ1) is 17.8. The third kappa shape index (κ3) is 4.97. The first-order valence-corrected chi connectivity index (χ1v) is 7.39. The highest BCUT2D eigenvalue weighted by Crippen LogP contribution is 2.36. The van der Waals surface area contributed by atoms with Crippen LogP contribution in [0.15, 0.2) is 18.2 Å². The summed E-state index contributed by atoms with van der Waals surface area (Å²) in [6, 6.07) is 3.55. The molecule has 0 radical (unpaired) electrons. The molecule has 1 heterocycles. The lowest BCUT2D eigenvalue weighted by molar-refractivity contribution is -0.274. The van der Waals surface area contributed by atoms with Crippen molar-refractivity contribution in [1.29, 1.82) is 0 Å². The van der Waals surface area contributed by atoms with Crippen LogP contribution in [0.5, 0.6) is 11.5 Å². The van der Waals surface area contributed by atoms with Gasteiger partial charge in [0.1, 0.15) is 11.5 Å².